The van der Waals surface area contributed by atoms with Crippen molar-refractivity contribution < 1.29 is 19.1 Å². The Kier molecular flexibility index (Phi) is 9.27. The van der Waals surface area contributed by atoms with Crippen LogP contribution in [0.25, 0.3) is 0 Å². The maximum absolute atomic E-state index is 11.1. The van der Waals surface area contributed by atoms with Gasteiger partial charge in [0.25, 0.3) is 0 Å². The summed E-state index contributed by atoms with van der Waals surface area (Å²) in [6, 6.07) is 0. The number of halogens is 2. The van der Waals surface area contributed by atoms with Crippen molar-refractivity contribution in [3.8, 4) is 0 Å². The molecule has 0 aromatic carbocycles. The molecule has 0 saturated carbocycles. The van der Waals surface area contributed by atoms with E-state index < -0.39 is 11.9 Å². The Morgan fingerprint density at radius 3 is 1.59 bits per heavy atom. The Labute approximate surface area is 112 Å². The molecule has 0 N–H and O–H groups in total. The fraction of sp³-hybridized carbons (Fsp3) is 0.818. The van der Waals surface area contributed by atoms with Crippen LogP contribution in [0.1, 0.15) is 39.5 Å². The van der Waals surface area contributed by atoms with Crippen LogP contribution >= 0.6 is 23.2 Å². The first-order valence-corrected chi connectivity index (χ1v) is 6.38. The molecule has 2 atom stereocenters. The van der Waals surface area contributed by atoms with Crippen molar-refractivity contribution in [2.24, 2.45) is 0 Å². The monoisotopic (exact) mass is 284 g/mol. The van der Waals surface area contributed by atoms with Gasteiger partial charge in [0, 0.05) is 23.6 Å². The van der Waals surface area contributed by atoms with E-state index in [4.69, 9.17) is 32.7 Å². The van der Waals surface area contributed by atoms with Gasteiger partial charge in [0.2, 0.25) is 6.79 Å². The average Bonchev–Trinajstić information content (AvgIpc) is 2.23. The highest BCUT2D eigenvalue weighted by atomic mass is 35.5. The summed E-state index contributed by atoms with van der Waals surface area (Å²) in [5.74, 6) is -0.841. The Bertz CT molecular complexity index is 218. The minimum Gasteiger partial charge on any atom is -0.428 e. The highest BCUT2D eigenvalue weighted by molar-refractivity contribution is 6.20. The molecule has 17 heavy (non-hydrogen) atoms. The van der Waals surface area contributed by atoms with Crippen molar-refractivity contribution >= 4 is 35.1 Å². The molecule has 0 aromatic heterocycles. The molecule has 0 fully saturated rings. The first-order valence-electron chi connectivity index (χ1n) is 5.51. The first-order chi connectivity index (χ1) is 7.91. The summed E-state index contributed by atoms with van der Waals surface area (Å²) in [5.41, 5.74) is 0. The molecule has 0 rings (SSSR count). The second-order valence-electron chi connectivity index (χ2n) is 3.79. The first kappa shape index (κ1) is 16.5. The molecular weight excluding hydrogens is 267 g/mol. The van der Waals surface area contributed by atoms with E-state index in [0.717, 1.165) is 0 Å². The fourth-order valence-electron chi connectivity index (χ4n) is 0.939. The largest absolute Gasteiger partial charge is 0.428 e. The molecule has 0 aliphatic carbocycles. The maximum Gasteiger partial charge on any atom is 0.308 e. The smallest absolute Gasteiger partial charge is 0.308 e. The van der Waals surface area contributed by atoms with Gasteiger partial charge in [0.15, 0.2) is 0 Å². The van der Waals surface area contributed by atoms with E-state index in [1.165, 1.54) is 0 Å². The van der Waals surface area contributed by atoms with Crippen LogP contribution in [0.15, 0.2) is 0 Å². The number of carbonyl (C=O) groups excluding carboxylic acids is 2. The minimum atomic E-state index is -0.420. The van der Waals surface area contributed by atoms with Crippen LogP contribution in [0.2, 0.25) is 0 Å². The predicted octanol–water partition coefficient (Wildman–Crippen LogP) is 2.85. The topological polar surface area (TPSA) is 52.6 Å². The second-order valence-corrected chi connectivity index (χ2v) is 5.28. The summed E-state index contributed by atoms with van der Waals surface area (Å²) in [6.45, 7) is 3.25. The molecule has 0 spiro atoms. The Morgan fingerprint density at radius 2 is 1.29 bits per heavy atom. The number of carbonyl (C=O) groups is 2. The van der Waals surface area contributed by atoms with E-state index in [0.29, 0.717) is 12.8 Å². The molecule has 0 heterocycles. The Balaban J connectivity index is 3.49. The summed E-state index contributed by atoms with van der Waals surface area (Å²) in [7, 11) is 0. The zero-order valence-electron chi connectivity index (χ0n) is 10.1. The average molecular weight is 285 g/mol. The van der Waals surface area contributed by atoms with Crippen molar-refractivity contribution in [2.45, 2.75) is 50.3 Å². The van der Waals surface area contributed by atoms with Crippen molar-refractivity contribution in [1.29, 1.82) is 0 Å². The Morgan fingerprint density at radius 1 is 0.941 bits per heavy atom. The minimum absolute atomic E-state index is 0.0738. The van der Waals surface area contributed by atoms with Gasteiger partial charge in [-0.25, -0.2) is 0 Å². The van der Waals surface area contributed by atoms with E-state index >= 15 is 0 Å². The third-order valence-electron chi connectivity index (χ3n) is 1.93. The normalized spacial score (nSPS) is 13.9. The van der Waals surface area contributed by atoms with Crippen LogP contribution in [-0.4, -0.2) is 29.5 Å². The maximum atomic E-state index is 11.1. The van der Waals surface area contributed by atoms with Gasteiger partial charge in [-0.05, 0) is 26.7 Å². The second kappa shape index (κ2) is 9.54. The summed E-state index contributed by atoms with van der Waals surface area (Å²) in [6.07, 6.45) is 1.53. The quantitative estimate of drug-likeness (QED) is 0.391. The van der Waals surface area contributed by atoms with E-state index in [9.17, 15) is 9.59 Å². The van der Waals surface area contributed by atoms with Crippen molar-refractivity contribution in [1.82, 2.24) is 0 Å². The lowest BCUT2D eigenvalue weighted by atomic mass is 10.2. The number of hydrogen-bond donors (Lipinski definition) is 0. The summed E-state index contributed by atoms with van der Waals surface area (Å²) >= 11 is 11.3. The van der Waals surface area contributed by atoms with Crippen molar-refractivity contribution in [3.05, 3.63) is 0 Å². The van der Waals surface area contributed by atoms with Gasteiger partial charge in [-0.1, -0.05) is 0 Å². The van der Waals surface area contributed by atoms with Crippen molar-refractivity contribution in [2.75, 3.05) is 6.79 Å². The van der Waals surface area contributed by atoms with Crippen LogP contribution in [0.3, 0.4) is 0 Å². The molecular formula is C11H18Cl2O4. The predicted molar refractivity (Wildman–Crippen MR) is 66.1 cm³/mol. The van der Waals surface area contributed by atoms with Crippen LogP contribution in [-0.2, 0) is 19.1 Å². The SMILES string of the molecule is CC(Cl)CCC(=O)OCOC(=O)CCC(C)Cl. The number of ether oxygens (including phenoxy) is 2. The molecule has 0 aromatic rings. The van der Waals surface area contributed by atoms with E-state index in [1.807, 2.05) is 0 Å². The summed E-state index contributed by atoms with van der Waals surface area (Å²) in [5, 5.41) is -0.148. The molecule has 100 valence electrons. The molecule has 0 radical (unpaired) electrons. The van der Waals surface area contributed by atoms with Gasteiger partial charge in [-0.3, -0.25) is 9.59 Å². The van der Waals surface area contributed by atoms with Gasteiger partial charge < -0.3 is 9.47 Å². The Hall–Kier alpha value is -0.480. The van der Waals surface area contributed by atoms with E-state index in [1.54, 1.807) is 13.8 Å². The zero-order valence-corrected chi connectivity index (χ0v) is 11.6. The van der Waals surface area contributed by atoms with Crippen molar-refractivity contribution in [3.63, 3.8) is 0 Å². The highest BCUT2D eigenvalue weighted by Gasteiger charge is 2.08. The van der Waals surface area contributed by atoms with Gasteiger partial charge in [0.05, 0.1) is 0 Å². The molecule has 2 unspecified atom stereocenters. The molecule has 0 bridgehead atoms. The molecule has 6 heteroatoms. The van der Waals surface area contributed by atoms with Gasteiger partial charge in [-0.15, -0.1) is 23.2 Å². The fourth-order valence-corrected chi connectivity index (χ4v) is 1.16. The van der Waals surface area contributed by atoms with Gasteiger partial charge >= 0.3 is 11.9 Å². The van der Waals surface area contributed by atoms with Gasteiger partial charge in [-0.2, -0.15) is 0 Å². The summed E-state index contributed by atoms with van der Waals surface area (Å²) < 4.78 is 9.39. The molecule has 0 saturated heterocycles. The van der Waals surface area contributed by atoms with Crippen LogP contribution in [0, 0.1) is 0 Å². The summed E-state index contributed by atoms with van der Waals surface area (Å²) in [4.78, 5) is 22.2. The molecule has 4 nitrogen and oxygen atoms in total. The van der Waals surface area contributed by atoms with Gasteiger partial charge in [0.1, 0.15) is 0 Å². The van der Waals surface area contributed by atoms with E-state index in [-0.39, 0.29) is 30.4 Å². The number of hydrogen-bond acceptors (Lipinski definition) is 4. The van der Waals surface area contributed by atoms with Crippen LogP contribution < -0.4 is 0 Å². The number of rotatable bonds is 8. The third kappa shape index (κ3) is 11.8. The van der Waals surface area contributed by atoms with Crippen LogP contribution in [0.5, 0.6) is 0 Å². The number of esters is 2. The highest BCUT2D eigenvalue weighted by Crippen LogP contribution is 2.06. The lowest BCUT2D eigenvalue weighted by Gasteiger charge is -2.07. The third-order valence-corrected chi connectivity index (χ3v) is 2.37. The number of alkyl halides is 2. The zero-order chi connectivity index (χ0) is 13.3. The lowest BCUT2D eigenvalue weighted by molar-refractivity contribution is -0.167. The molecule has 0 aliphatic heterocycles. The standard InChI is InChI=1S/C11H18Cl2O4/c1-8(12)3-5-10(14)16-7-17-11(15)6-4-9(2)13/h8-9H,3-7H2,1-2H3. The van der Waals surface area contributed by atoms with Crippen LogP contribution in [0.4, 0.5) is 0 Å². The molecule has 0 amide bonds. The van der Waals surface area contributed by atoms with E-state index in [2.05, 4.69) is 0 Å². The lowest BCUT2D eigenvalue weighted by Crippen LogP contribution is -2.14. The molecule has 0 aliphatic rings.